The predicted octanol–water partition coefficient (Wildman–Crippen LogP) is -0.0198. The highest BCUT2D eigenvalue weighted by Crippen LogP contribution is 2.04. The number of sulfonamides is 1. The molecule has 0 aliphatic rings. The molecular formula is C10H19N3O3S. The summed E-state index contributed by atoms with van der Waals surface area (Å²) in [5, 5.41) is 11.2. The molecule has 0 saturated carbocycles. The van der Waals surface area contributed by atoms with Gasteiger partial charge in [0.1, 0.15) is 5.92 Å². The molecule has 0 aliphatic heterocycles. The lowest BCUT2D eigenvalue weighted by molar-refractivity contribution is -0.123. The Kier molecular flexibility index (Phi) is 5.58. The monoisotopic (exact) mass is 261 g/mol. The molecule has 0 aliphatic carbocycles. The van der Waals surface area contributed by atoms with Crippen LogP contribution in [0.1, 0.15) is 27.2 Å². The third-order valence-corrected chi connectivity index (χ3v) is 2.97. The van der Waals surface area contributed by atoms with Gasteiger partial charge in [-0.05, 0) is 20.3 Å². The van der Waals surface area contributed by atoms with Gasteiger partial charge in [0.25, 0.3) is 0 Å². The van der Waals surface area contributed by atoms with Crippen molar-refractivity contribution in [3.8, 4) is 6.07 Å². The fourth-order valence-electron chi connectivity index (χ4n) is 1.30. The molecule has 98 valence electrons. The van der Waals surface area contributed by atoms with Crippen LogP contribution >= 0.6 is 0 Å². The molecule has 6 nitrogen and oxygen atoms in total. The summed E-state index contributed by atoms with van der Waals surface area (Å²) in [7, 11) is -3.33. The Hall–Kier alpha value is -1.13. The van der Waals surface area contributed by atoms with E-state index in [1.165, 1.54) is 0 Å². The van der Waals surface area contributed by atoms with Gasteiger partial charge < -0.3 is 5.32 Å². The minimum atomic E-state index is -3.33. The van der Waals surface area contributed by atoms with Gasteiger partial charge in [0.15, 0.2) is 0 Å². The highest BCUT2D eigenvalue weighted by Gasteiger charge is 2.24. The van der Waals surface area contributed by atoms with E-state index in [0.29, 0.717) is 6.42 Å². The molecule has 0 aromatic rings. The lowest BCUT2D eigenvalue weighted by Crippen LogP contribution is -2.51. The van der Waals surface area contributed by atoms with Crippen molar-refractivity contribution in [3.63, 3.8) is 0 Å². The SMILES string of the molecule is CCC(C#N)C(=O)NCC(C)(C)NS(C)(=O)=O. The molecule has 7 heteroatoms. The Bertz CT molecular complexity index is 409. The smallest absolute Gasteiger partial charge is 0.237 e. The van der Waals surface area contributed by atoms with Gasteiger partial charge in [-0.15, -0.1) is 0 Å². The average molecular weight is 261 g/mol. The minimum Gasteiger partial charge on any atom is -0.353 e. The second-order valence-corrected chi connectivity index (χ2v) is 6.31. The normalized spacial score (nSPS) is 13.8. The number of amides is 1. The van der Waals surface area contributed by atoms with E-state index in [1.807, 2.05) is 6.07 Å². The molecule has 1 atom stereocenters. The zero-order valence-corrected chi connectivity index (χ0v) is 11.4. The fraction of sp³-hybridized carbons (Fsp3) is 0.800. The predicted molar refractivity (Wildman–Crippen MR) is 64.5 cm³/mol. The molecule has 0 radical (unpaired) electrons. The Balaban J connectivity index is 4.38. The first-order valence-electron chi connectivity index (χ1n) is 5.27. The summed E-state index contributed by atoms with van der Waals surface area (Å²) in [5.41, 5.74) is -0.781. The van der Waals surface area contributed by atoms with Crippen LogP contribution in [0, 0.1) is 17.2 Å². The highest BCUT2D eigenvalue weighted by molar-refractivity contribution is 7.88. The van der Waals surface area contributed by atoms with E-state index >= 15 is 0 Å². The first-order chi connectivity index (χ1) is 7.61. The van der Waals surface area contributed by atoms with Crippen LogP contribution in [0.15, 0.2) is 0 Å². The second kappa shape index (κ2) is 5.98. The molecule has 17 heavy (non-hydrogen) atoms. The van der Waals surface area contributed by atoms with Gasteiger partial charge >= 0.3 is 0 Å². The van der Waals surface area contributed by atoms with E-state index in [9.17, 15) is 13.2 Å². The summed E-state index contributed by atoms with van der Waals surface area (Å²) >= 11 is 0. The van der Waals surface area contributed by atoms with Gasteiger partial charge in [0, 0.05) is 12.1 Å². The Morgan fingerprint density at radius 1 is 1.47 bits per heavy atom. The van der Waals surface area contributed by atoms with Crippen molar-refractivity contribution in [2.45, 2.75) is 32.7 Å². The van der Waals surface area contributed by atoms with Crippen LogP contribution in [-0.2, 0) is 14.8 Å². The highest BCUT2D eigenvalue weighted by atomic mass is 32.2. The summed E-state index contributed by atoms with van der Waals surface area (Å²) in [4.78, 5) is 11.5. The molecule has 0 heterocycles. The molecule has 2 N–H and O–H groups in total. The van der Waals surface area contributed by atoms with Gasteiger partial charge in [-0.25, -0.2) is 13.1 Å². The summed E-state index contributed by atoms with van der Waals surface area (Å²) in [6.07, 6.45) is 1.49. The van der Waals surface area contributed by atoms with Gasteiger partial charge in [-0.3, -0.25) is 4.79 Å². The summed E-state index contributed by atoms with van der Waals surface area (Å²) < 4.78 is 24.5. The summed E-state index contributed by atoms with van der Waals surface area (Å²) in [5.74, 6) is -1.07. The maximum absolute atomic E-state index is 11.5. The largest absolute Gasteiger partial charge is 0.353 e. The maximum atomic E-state index is 11.5. The quantitative estimate of drug-likeness (QED) is 0.702. The van der Waals surface area contributed by atoms with Crippen molar-refractivity contribution < 1.29 is 13.2 Å². The molecule has 0 fully saturated rings. The van der Waals surface area contributed by atoms with Crippen molar-refractivity contribution >= 4 is 15.9 Å². The van der Waals surface area contributed by atoms with Crippen LogP contribution in [0.3, 0.4) is 0 Å². The molecule has 0 aromatic carbocycles. The average Bonchev–Trinajstić information content (AvgIpc) is 2.13. The van der Waals surface area contributed by atoms with Crippen molar-refractivity contribution in [2.75, 3.05) is 12.8 Å². The molecule has 0 spiro atoms. The molecule has 1 unspecified atom stereocenters. The van der Waals surface area contributed by atoms with Gasteiger partial charge in [-0.2, -0.15) is 5.26 Å². The molecular weight excluding hydrogens is 242 g/mol. The van der Waals surface area contributed by atoms with E-state index in [0.717, 1.165) is 6.26 Å². The molecule has 0 rings (SSSR count). The van der Waals surface area contributed by atoms with Crippen LogP contribution in [0.2, 0.25) is 0 Å². The Morgan fingerprint density at radius 2 is 2.00 bits per heavy atom. The van der Waals surface area contributed by atoms with E-state index in [-0.39, 0.29) is 12.5 Å². The van der Waals surface area contributed by atoms with Crippen LogP contribution in [0.4, 0.5) is 0 Å². The number of hydrogen-bond acceptors (Lipinski definition) is 4. The van der Waals surface area contributed by atoms with E-state index in [1.54, 1.807) is 20.8 Å². The van der Waals surface area contributed by atoms with E-state index in [2.05, 4.69) is 10.0 Å². The number of rotatable bonds is 6. The van der Waals surface area contributed by atoms with Gasteiger partial charge in [0.2, 0.25) is 15.9 Å². The lowest BCUT2D eigenvalue weighted by atomic mass is 10.1. The maximum Gasteiger partial charge on any atom is 0.237 e. The first kappa shape index (κ1) is 15.9. The molecule has 0 aromatic heterocycles. The molecule has 0 bridgehead atoms. The Morgan fingerprint density at radius 3 is 2.35 bits per heavy atom. The summed E-state index contributed by atoms with van der Waals surface area (Å²) in [6, 6.07) is 1.89. The second-order valence-electron chi connectivity index (χ2n) is 4.57. The van der Waals surface area contributed by atoms with Crippen LogP contribution in [0.5, 0.6) is 0 Å². The van der Waals surface area contributed by atoms with Crippen molar-refractivity contribution in [2.24, 2.45) is 5.92 Å². The third kappa shape index (κ3) is 6.92. The number of nitriles is 1. The number of nitrogens with zero attached hydrogens (tertiary/aromatic N) is 1. The van der Waals surface area contributed by atoms with Crippen LogP contribution in [0.25, 0.3) is 0 Å². The molecule has 0 saturated heterocycles. The standard InChI is InChI=1S/C10H19N3O3S/c1-5-8(6-11)9(14)12-7-10(2,3)13-17(4,15)16/h8,13H,5,7H2,1-4H3,(H,12,14). The van der Waals surface area contributed by atoms with Crippen molar-refractivity contribution in [1.29, 1.82) is 5.26 Å². The minimum absolute atomic E-state index is 0.136. The van der Waals surface area contributed by atoms with Gasteiger partial charge in [-0.1, -0.05) is 6.92 Å². The van der Waals surface area contributed by atoms with Crippen molar-refractivity contribution in [3.05, 3.63) is 0 Å². The third-order valence-electron chi connectivity index (χ3n) is 2.05. The fourth-order valence-corrected chi connectivity index (χ4v) is 2.38. The van der Waals surface area contributed by atoms with Crippen LogP contribution < -0.4 is 10.0 Å². The number of hydrogen-bond donors (Lipinski definition) is 2. The Labute approximate surface area is 102 Å². The summed E-state index contributed by atoms with van der Waals surface area (Å²) in [6.45, 7) is 5.19. The number of carbonyl (C=O) groups is 1. The zero-order valence-electron chi connectivity index (χ0n) is 10.6. The number of carbonyl (C=O) groups excluding carboxylic acids is 1. The first-order valence-corrected chi connectivity index (χ1v) is 7.16. The number of nitrogens with one attached hydrogen (secondary N) is 2. The van der Waals surface area contributed by atoms with E-state index < -0.39 is 21.5 Å². The van der Waals surface area contributed by atoms with E-state index in [4.69, 9.17) is 5.26 Å². The van der Waals surface area contributed by atoms with Crippen molar-refractivity contribution in [1.82, 2.24) is 10.0 Å². The van der Waals surface area contributed by atoms with Crippen LogP contribution in [-0.4, -0.2) is 32.7 Å². The van der Waals surface area contributed by atoms with Gasteiger partial charge in [0.05, 0.1) is 12.3 Å². The lowest BCUT2D eigenvalue weighted by Gasteiger charge is -2.25. The zero-order chi connectivity index (χ0) is 13.7. The topological polar surface area (TPSA) is 99.1 Å². The molecule has 1 amide bonds.